The maximum absolute atomic E-state index is 13.4. The molecule has 2 aromatic carbocycles. The van der Waals surface area contributed by atoms with Gasteiger partial charge < -0.3 is 31.7 Å². The van der Waals surface area contributed by atoms with E-state index < -0.39 is 36.2 Å². The molecule has 0 saturated carbocycles. The van der Waals surface area contributed by atoms with Gasteiger partial charge in [-0.3, -0.25) is 24.0 Å². The summed E-state index contributed by atoms with van der Waals surface area (Å²) in [7, 11) is 0. The molecule has 0 spiro atoms. The van der Waals surface area contributed by atoms with Gasteiger partial charge in [0.25, 0.3) is 0 Å². The minimum Gasteiger partial charge on any atom is -0.475 e. The van der Waals surface area contributed by atoms with Crippen LogP contribution in [0.3, 0.4) is 0 Å². The maximum Gasteiger partial charge on any atom is 0.490 e. The zero-order valence-corrected chi connectivity index (χ0v) is 26.9. The number of nitrogens with one attached hydrogen (secondary N) is 3. The van der Waals surface area contributed by atoms with Crippen molar-refractivity contribution >= 4 is 40.9 Å². The van der Waals surface area contributed by atoms with Gasteiger partial charge in [0.15, 0.2) is 11.6 Å². The first-order valence-electron chi connectivity index (χ1n) is 15.5. The average molecular weight is 676 g/mol. The van der Waals surface area contributed by atoms with Crippen LogP contribution in [0, 0.1) is 5.92 Å². The van der Waals surface area contributed by atoms with Gasteiger partial charge in [0, 0.05) is 42.0 Å². The normalized spacial score (nSPS) is 16.6. The van der Waals surface area contributed by atoms with Crippen molar-refractivity contribution < 1.29 is 47.0 Å². The van der Waals surface area contributed by atoms with Crippen molar-refractivity contribution in [1.29, 1.82) is 0 Å². The lowest BCUT2D eigenvalue weighted by Gasteiger charge is -2.30. The zero-order valence-electron chi connectivity index (χ0n) is 26.9. The average Bonchev–Trinajstić information content (AvgIpc) is 3.52. The number of likely N-dealkylation sites (tertiary alicyclic amines) is 1. The van der Waals surface area contributed by atoms with Gasteiger partial charge in [0.1, 0.15) is 12.1 Å². The number of hydrogen-bond donors (Lipinski definition) is 5. The number of halogens is 3. The molecule has 1 heterocycles. The summed E-state index contributed by atoms with van der Waals surface area (Å²) in [6.45, 7) is 6.79. The molecule has 48 heavy (non-hydrogen) atoms. The Balaban J connectivity index is 0.000000804. The number of carboxylic acids is 1. The molecule has 2 aliphatic rings. The van der Waals surface area contributed by atoms with E-state index in [0.717, 1.165) is 0 Å². The lowest BCUT2D eigenvalue weighted by molar-refractivity contribution is -0.192. The van der Waals surface area contributed by atoms with Crippen LogP contribution in [0.1, 0.15) is 78.3 Å². The summed E-state index contributed by atoms with van der Waals surface area (Å²) in [5.41, 5.74) is 7.83. The van der Waals surface area contributed by atoms with Crippen molar-refractivity contribution in [3.05, 3.63) is 64.7 Å². The number of anilines is 1. The molecule has 3 atom stereocenters. The Morgan fingerprint density at radius 1 is 0.958 bits per heavy atom. The second-order valence-corrected chi connectivity index (χ2v) is 12.0. The lowest BCUT2D eigenvalue weighted by Crippen LogP contribution is -2.55. The van der Waals surface area contributed by atoms with E-state index in [1.807, 2.05) is 13.8 Å². The number of benzene rings is 2. The van der Waals surface area contributed by atoms with E-state index >= 15 is 0 Å². The monoisotopic (exact) mass is 675 g/mol. The molecule has 1 aliphatic heterocycles. The van der Waals surface area contributed by atoms with Crippen LogP contribution in [-0.2, 0) is 19.2 Å². The molecule has 6 N–H and O–H groups in total. The van der Waals surface area contributed by atoms with Crippen LogP contribution in [0.5, 0.6) is 0 Å². The van der Waals surface area contributed by atoms with Crippen LogP contribution in [0.15, 0.2) is 42.5 Å². The van der Waals surface area contributed by atoms with Gasteiger partial charge in [-0.25, -0.2) is 4.79 Å². The molecule has 260 valence electrons. The molecule has 0 bridgehead atoms. The largest absolute Gasteiger partial charge is 0.490 e. The Morgan fingerprint density at radius 3 is 2.15 bits per heavy atom. The number of carbonyl (C=O) groups excluding carboxylic acids is 5. The first kappa shape index (κ1) is 37.7. The summed E-state index contributed by atoms with van der Waals surface area (Å²) < 4.78 is 31.7. The molecule has 4 rings (SSSR count). The summed E-state index contributed by atoms with van der Waals surface area (Å²) in [6.07, 6.45) is -2.80. The number of alkyl halides is 3. The Hall–Kier alpha value is -4.79. The fraction of sp³-hybridized carbons (Fsp3) is 0.455. The van der Waals surface area contributed by atoms with E-state index in [1.165, 1.54) is 0 Å². The molecular formula is C33H40F3N5O7. The number of carboxylic acid groups (broad SMARTS) is 1. The second kappa shape index (κ2) is 16.4. The number of fused-ring (bicyclic) bond motifs is 2. The Morgan fingerprint density at radius 2 is 1.56 bits per heavy atom. The van der Waals surface area contributed by atoms with Gasteiger partial charge in [0.05, 0.1) is 11.6 Å². The molecule has 1 aliphatic carbocycles. The summed E-state index contributed by atoms with van der Waals surface area (Å²) >= 11 is 0. The predicted molar refractivity (Wildman–Crippen MR) is 169 cm³/mol. The highest BCUT2D eigenvalue weighted by molar-refractivity contribution is 6.30. The fourth-order valence-electron chi connectivity index (χ4n) is 5.43. The first-order valence-corrected chi connectivity index (χ1v) is 15.5. The Labute approximate surface area is 275 Å². The highest BCUT2D eigenvalue weighted by Crippen LogP contribution is 2.32. The summed E-state index contributed by atoms with van der Waals surface area (Å²) in [5, 5.41) is 16.0. The molecule has 3 amide bonds. The number of amides is 3. The number of hydrogen-bond acceptors (Lipinski definition) is 8. The minimum atomic E-state index is -5.08. The number of rotatable bonds is 11. The molecule has 0 unspecified atom stereocenters. The number of ketones is 2. The Kier molecular flexibility index (Phi) is 12.8. The summed E-state index contributed by atoms with van der Waals surface area (Å²) in [5.74, 6) is -3.84. The standard InChI is InChI=1S/C31H39N5O5.C2HF3O2/c1-18(2)17-24(35-29(39)19(3)32)31(41)36-16-7-13-25(36)30(40)34-15-8-14-33-23-12-6-11-22-26(23)28(38)21-10-5-4-9-20(21)27(22)37;3-2(4,5)1(6)7/h4-6,9-12,18-19,24-25,33H,7-8,13-17,32H2,1-3H3,(H,34,40)(H,35,39);(H,6,7)/t19-,24-,25-;/m0./s1. The highest BCUT2D eigenvalue weighted by Gasteiger charge is 2.39. The number of nitrogens with zero attached hydrogens (tertiary/aromatic N) is 1. The van der Waals surface area contributed by atoms with Crippen LogP contribution >= 0.6 is 0 Å². The van der Waals surface area contributed by atoms with Crippen molar-refractivity contribution in [1.82, 2.24) is 15.5 Å². The molecule has 2 aromatic rings. The molecule has 1 fully saturated rings. The minimum absolute atomic E-state index is 0.165. The van der Waals surface area contributed by atoms with Crippen LogP contribution in [0.2, 0.25) is 0 Å². The van der Waals surface area contributed by atoms with Crippen LogP contribution in [0.25, 0.3) is 0 Å². The van der Waals surface area contributed by atoms with Gasteiger partial charge in [-0.1, -0.05) is 50.2 Å². The topological polar surface area (TPSA) is 188 Å². The van der Waals surface area contributed by atoms with Crippen molar-refractivity contribution in [3.8, 4) is 0 Å². The maximum atomic E-state index is 13.4. The number of nitrogens with two attached hydrogens (primary N) is 1. The van der Waals surface area contributed by atoms with Crippen LogP contribution < -0.4 is 21.7 Å². The highest BCUT2D eigenvalue weighted by atomic mass is 19.4. The van der Waals surface area contributed by atoms with E-state index in [4.69, 9.17) is 15.6 Å². The zero-order chi connectivity index (χ0) is 35.8. The van der Waals surface area contributed by atoms with Gasteiger partial charge in [-0.05, 0) is 44.6 Å². The van der Waals surface area contributed by atoms with E-state index in [0.29, 0.717) is 73.3 Å². The third-order valence-electron chi connectivity index (χ3n) is 7.74. The van der Waals surface area contributed by atoms with Crippen molar-refractivity contribution in [2.45, 2.75) is 70.8 Å². The molecule has 1 saturated heterocycles. The molecule has 15 heteroatoms. The first-order chi connectivity index (χ1) is 22.5. The third kappa shape index (κ3) is 9.40. The fourth-order valence-corrected chi connectivity index (χ4v) is 5.43. The smallest absolute Gasteiger partial charge is 0.475 e. The molecule has 0 aromatic heterocycles. The predicted octanol–water partition coefficient (Wildman–Crippen LogP) is 2.88. The summed E-state index contributed by atoms with van der Waals surface area (Å²) in [6, 6.07) is 9.95. The van der Waals surface area contributed by atoms with E-state index in [9.17, 15) is 37.1 Å². The summed E-state index contributed by atoms with van der Waals surface area (Å²) in [4.78, 5) is 75.2. The molecular weight excluding hydrogens is 635 g/mol. The van der Waals surface area contributed by atoms with Crippen molar-refractivity contribution in [2.75, 3.05) is 25.0 Å². The molecule has 12 nitrogen and oxygen atoms in total. The lowest BCUT2D eigenvalue weighted by atomic mass is 9.83. The van der Waals surface area contributed by atoms with Crippen molar-refractivity contribution in [3.63, 3.8) is 0 Å². The van der Waals surface area contributed by atoms with Crippen LogP contribution in [-0.4, -0.2) is 89.2 Å². The SMILES string of the molecule is CC(C)C[C@H](NC(=O)[C@H](C)N)C(=O)N1CCC[C@H]1C(=O)NCCCNc1cccc2c1C(=O)c1ccccc1C2=O.O=C(O)C(F)(F)F. The van der Waals surface area contributed by atoms with Crippen molar-refractivity contribution in [2.24, 2.45) is 11.7 Å². The van der Waals surface area contributed by atoms with Gasteiger partial charge in [-0.15, -0.1) is 0 Å². The van der Waals surface area contributed by atoms with Gasteiger partial charge in [0.2, 0.25) is 17.7 Å². The molecule has 0 radical (unpaired) electrons. The van der Waals surface area contributed by atoms with Gasteiger partial charge >= 0.3 is 12.1 Å². The van der Waals surface area contributed by atoms with E-state index in [1.54, 1.807) is 54.3 Å². The van der Waals surface area contributed by atoms with Gasteiger partial charge in [-0.2, -0.15) is 13.2 Å². The third-order valence-corrected chi connectivity index (χ3v) is 7.74. The quantitative estimate of drug-likeness (QED) is 0.191. The second-order valence-electron chi connectivity index (χ2n) is 12.0. The van der Waals surface area contributed by atoms with Crippen LogP contribution in [0.4, 0.5) is 18.9 Å². The van der Waals surface area contributed by atoms with E-state index in [-0.39, 0.29) is 29.3 Å². The number of carbonyl (C=O) groups is 6. The van der Waals surface area contributed by atoms with E-state index in [2.05, 4.69) is 16.0 Å². The number of aliphatic carboxylic acids is 1. The Bertz CT molecular complexity index is 1540.